The van der Waals surface area contributed by atoms with Gasteiger partial charge in [-0.25, -0.2) is 0 Å². The van der Waals surface area contributed by atoms with Crippen molar-refractivity contribution >= 4 is 38.6 Å². The molecule has 12 rings (SSSR count). The van der Waals surface area contributed by atoms with Crippen LogP contribution in [0.2, 0.25) is 0 Å². The summed E-state index contributed by atoms with van der Waals surface area (Å²) in [5.74, 6) is 0. The van der Waals surface area contributed by atoms with Crippen molar-refractivity contribution < 1.29 is 0 Å². The summed E-state index contributed by atoms with van der Waals surface area (Å²) in [7, 11) is 0. The van der Waals surface area contributed by atoms with Gasteiger partial charge in [0.2, 0.25) is 0 Å². The molecule has 1 nitrogen and oxygen atoms in total. The quantitative estimate of drug-likeness (QED) is 0.162. The van der Waals surface area contributed by atoms with Crippen molar-refractivity contribution in [2.45, 2.75) is 38.5 Å². The van der Waals surface area contributed by atoms with E-state index in [9.17, 15) is 0 Å². The Morgan fingerprint density at radius 3 is 1.43 bits per heavy atom. The lowest BCUT2D eigenvalue weighted by molar-refractivity contribution is 0.660. The highest BCUT2D eigenvalue weighted by atomic mass is 15.1. The lowest BCUT2D eigenvalue weighted by atomic mass is 9.81. The van der Waals surface area contributed by atoms with Crippen molar-refractivity contribution in [3.8, 4) is 55.6 Å². The fraction of sp³-hybridized carbons (Fsp3) is 0.0968. The van der Waals surface area contributed by atoms with Crippen LogP contribution in [0.3, 0.4) is 0 Å². The lowest BCUT2D eigenvalue weighted by Gasteiger charge is -2.33. The maximum Gasteiger partial charge on any atom is 0.0618 e. The summed E-state index contributed by atoms with van der Waals surface area (Å²) in [5.41, 5.74) is 20.9. The molecule has 10 aromatic rings. The molecule has 0 unspecified atom stereocenters. The molecule has 0 heterocycles. The van der Waals surface area contributed by atoms with E-state index in [1.165, 1.54) is 99.4 Å². The van der Waals surface area contributed by atoms with Crippen LogP contribution < -0.4 is 4.90 Å². The van der Waals surface area contributed by atoms with E-state index >= 15 is 0 Å². The molecule has 0 aromatic heterocycles. The molecular formula is C62H47N. The van der Waals surface area contributed by atoms with Crippen molar-refractivity contribution in [3.63, 3.8) is 0 Å². The minimum absolute atomic E-state index is 0.170. The van der Waals surface area contributed by atoms with Gasteiger partial charge in [0.1, 0.15) is 0 Å². The Morgan fingerprint density at radius 2 is 0.778 bits per heavy atom. The van der Waals surface area contributed by atoms with Crippen molar-refractivity contribution in [1.29, 1.82) is 0 Å². The van der Waals surface area contributed by atoms with Gasteiger partial charge in [-0.15, -0.1) is 0 Å². The number of nitrogens with zero attached hydrogens (tertiary/aromatic N) is 1. The zero-order chi connectivity index (χ0) is 42.5. The highest BCUT2D eigenvalue weighted by Crippen LogP contribution is 2.56. The van der Waals surface area contributed by atoms with E-state index in [0.717, 1.165) is 17.1 Å². The first-order chi connectivity index (χ1) is 30.8. The third kappa shape index (κ3) is 5.76. The number of fused-ring (bicyclic) bond motifs is 8. The van der Waals surface area contributed by atoms with Crippen molar-refractivity contribution in [2.24, 2.45) is 0 Å². The number of hydrogen-bond donors (Lipinski definition) is 0. The molecule has 0 amide bonds. The Balaban J connectivity index is 1.20. The maximum absolute atomic E-state index is 2.58. The summed E-state index contributed by atoms with van der Waals surface area (Å²) in [4.78, 5) is 2.58. The predicted molar refractivity (Wildman–Crippen MR) is 268 cm³/mol. The van der Waals surface area contributed by atoms with E-state index in [4.69, 9.17) is 0 Å². The molecule has 0 bridgehead atoms. The van der Waals surface area contributed by atoms with Crippen LogP contribution in [0.15, 0.2) is 212 Å². The van der Waals surface area contributed by atoms with E-state index < -0.39 is 0 Å². The maximum atomic E-state index is 2.58. The molecule has 0 radical (unpaired) electrons. The number of benzene rings is 10. The second-order valence-electron chi connectivity index (χ2n) is 18.5. The minimum atomic E-state index is -0.170. The first kappa shape index (κ1) is 37.3. The molecule has 0 saturated heterocycles. The monoisotopic (exact) mass is 805 g/mol. The average molecular weight is 806 g/mol. The SMILES string of the molecule is CC1(C)c2ccccc2-c2ccc(N(c3ccc4c(c3)C(C)(C)c3ccccc3-4)c3c(-c4ccccc4)cc(-c4cccc5ccccc45)cc3-c3ccc4ccccc4c3)cc21. The van der Waals surface area contributed by atoms with Gasteiger partial charge in [0, 0.05) is 33.3 Å². The van der Waals surface area contributed by atoms with Gasteiger partial charge in [-0.05, 0) is 131 Å². The third-order valence-corrected chi connectivity index (χ3v) is 14.2. The van der Waals surface area contributed by atoms with Gasteiger partial charge in [-0.2, -0.15) is 0 Å². The molecule has 0 N–H and O–H groups in total. The van der Waals surface area contributed by atoms with E-state index in [-0.39, 0.29) is 10.8 Å². The van der Waals surface area contributed by atoms with Crippen molar-refractivity contribution in [1.82, 2.24) is 0 Å². The van der Waals surface area contributed by atoms with Crippen molar-refractivity contribution in [2.75, 3.05) is 4.90 Å². The second-order valence-corrected chi connectivity index (χ2v) is 18.5. The highest BCUT2D eigenvalue weighted by molar-refractivity contribution is 6.05. The molecular weight excluding hydrogens is 759 g/mol. The first-order valence-electron chi connectivity index (χ1n) is 22.3. The summed E-state index contributed by atoms with van der Waals surface area (Å²) >= 11 is 0. The number of hydrogen-bond acceptors (Lipinski definition) is 1. The molecule has 63 heavy (non-hydrogen) atoms. The zero-order valence-corrected chi connectivity index (χ0v) is 36.2. The molecule has 300 valence electrons. The van der Waals surface area contributed by atoms with Crippen LogP contribution in [-0.4, -0.2) is 0 Å². The Labute approximate surface area is 370 Å². The Hall–Kier alpha value is -7.48. The van der Waals surface area contributed by atoms with Crippen molar-refractivity contribution in [3.05, 3.63) is 235 Å². The Morgan fingerprint density at radius 1 is 0.286 bits per heavy atom. The molecule has 2 aliphatic rings. The Kier molecular flexibility index (Phi) is 8.30. The summed E-state index contributed by atoms with van der Waals surface area (Å²) in [6.45, 7) is 9.54. The average Bonchev–Trinajstić information content (AvgIpc) is 3.70. The third-order valence-electron chi connectivity index (χ3n) is 14.2. The minimum Gasteiger partial charge on any atom is -0.309 e. The van der Waals surface area contributed by atoms with Crippen LogP contribution in [-0.2, 0) is 10.8 Å². The van der Waals surface area contributed by atoms with E-state index in [1.807, 2.05) is 0 Å². The van der Waals surface area contributed by atoms with Gasteiger partial charge < -0.3 is 4.90 Å². The molecule has 0 aliphatic heterocycles. The van der Waals surface area contributed by atoms with Gasteiger partial charge in [0.05, 0.1) is 5.69 Å². The van der Waals surface area contributed by atoms with E-state index in [1.54, 1.807) is 0 Å². The van der Waals surface area contributed by atoms with Crippen LogP contribution in [0, 0.1) is 0 Å². The van der Waals surface area contributed by atoms with Crippen LogP contribution in [0.25, 0.3) is 77.2 Å². The number of anilines is 3. The molecule has 1 heteroatoms. The molecule has 0 atom stereocenters. The summed E-state index contributed by atoms with van der Waals surface area (Å²) in [6, 6.07) is 79.5. The van der Waals surface area contributed by atoms with Gasteiger partial charge in [-0.3, -0.25) is 0 Å². The normalized spacial score (nSPS) is 14.0. The lowest BCUT2D eigenvalue weighted by Crippen LogP contribution is -2.18. The molecule has 0 saturated carbocycles. The van der Waals surface area contributed by atoms with Crippen LogP contribution in [0.4, 0.5) is 17.1 Å². The van der Waals surface area contributed by atoms with E-state index in [0.29, 0.717) is 0 Å². The molecule has 0 spiro atoms. The fourth-order valence-electron chi connectivity index (χ4n) is 11.0. The van der Waals surface area contributed by atoms with Gasteiger partial charge in [0.15, 0.2) is 0 Å². The largest absolute Gasteiger partial charge is 0.309 e. The highest BCUT2D eigenvalue weighted by Gasteiger charge is 2.38. The van der Waals surface area contributed by atoms with E-state index in [2.05, 4.69) is 245 Å². The fourth-order valence-corrected chi connectivity index (χ4v) is 11.0. The van der Waals surface area contributed by atoms with Crippen LogP contribution >= 0.6 is 0 Å². The van der Waals surface area contributed by atoms with Crippen LogP contribution in [0.1, 0.15) is 49.9 Å². The molecule has 0 fully saturated rings. The summed E-state index contributed by atoms with van der Waals surface area (Å²) in [5, 5.41) is 4.93. The van der Waals surface area contributed by atoms with Gasteiger partial charge >= 0.3 is 0 Å². The first-order valence-corrected chi connectivity index (χ1v) is 22.3. The molecule has 10 aromatic carbocycles. The predicted octanol–water partition coefficient (Wildman–Crippen LogP) is 17.1. The van der Waals surface area contributed by atoms with Crippen LogP contribution in [0.5, 0.6) is 0 Å². The Bertz CT molecular complexity index is 3350. The second kappa shape index (κ2) is 14.0. The topological polar surface area (TPSA) is 3.24 Å². The smallest absolute Gasteiger partial charge is 0.0618 e. The number of rotatable bonds is 6. The standard InChI is InChI=1S/C62H47N/c1-61(2)56-27-14-12-24-50(56)52-33-31-46(38-58(52)61)63(47-32-34-53-51-25-13-15-28-57(51)62(3,4)59(53)39-47)60-54(42-18-6-5-7-19-42)36-45(49-26-16-22-41-20-10-11-23-48(41)49)37-55(60)44-30-29-40-17-8-9-21-43(40)35-44/h5-39H,1-4H3. The summed E-state index contributed by atoms with van der Waals surface area (Å²) < 4.78 is 0. The molecule has 2 aliphatic carbocycles. The summed E-state index contributed by atoms with van der Waals surface area (Å²) in [6.07, 6.45) is 0. The van der Waals surface area contributed by atoms with Gasteiger partial charge in [0.25, 0.3) is 0 Å². The zero-order valence-electron chi connectivity index (χ0n) is 36.2. The van der Waals surface area contributed by atoms with Gasteiger partial charge in [-0.1, -0.05) is 198 Å².